The molecule has 1 atom stereocenters. The number of benzene rings is 1. The van der Waals surface area contributed by atoms with E-state index in [1.165, 1.54) is 13.2 Å². The van der Waals surface area contributed by atoms with Gasteiger partial charge in [-0.05, 0) is 31.0 Å². The van der Waals surface area contributed by atoms with E-state index >= 15 is 0 Å². The van der Waals surface area contributed by atoms with E-state index in [9.17, 15) is 17.6 Å². The number of rotatable bonds is 3. The predicted octanol–water partition coefficient (Wildman–Crippen LogP) is 0.982. The van der Waals surface area contributed by atoms with Crippen molar-refractivity contribution in [1.29, 1.82) is 0 Å². The molecule has 0 radical (unpaired) electrons. The lowest BCUT2D eigenvalue weighted by atomic mass is 10.0. The van der Waals surface area contributed by atoms with Gasteiger partial charge in [0.25, 0.3) is 0 Å². The third-order valence-electron chi connectivity index (χ3n) is 3.49. The Morgan fingerprint density at radius 2 is 2.19 bits per heavy atom. The van der Waals surface area contributed by atoms with Gasteiger partial charge in [-0.3, -0.25) is 4.79 Å². The van der Waals surface area contributed by atoms with Crippen LogP contribution in [0.5, 0.6) is 0 Å². The summed E-state index contributed by atoms with van der Waals surface area (Å²) in [5.74, 6) is -1.86. The third kappa shape index (κ3) is 3.16. The minimum absolute atomic E-state index is 0.00117. The molecule has 0 aromatic heterocycles. The lowest BCUT2D eigenvalue weighted by Crippen LogP contribution is -2.42. The number of methoxy groups -OCH3 is 1. The van der Waals surface area contributed by atoms with Crippen LogP contribution in [0.3, 0.4) is 0 Å². The maximum Gasteiger partial charge on any atom is 0.309 e. The molecular formula is C13H17FN2O4S. The average Bonchev–Trinajstić information content (AvgIpc) is 2.46. The molecule has 2 N–H and O–H groups in total. The SMILES string of the molecule is COC(=O)C1CCCN(S(=O)(=O)c2ccc(N)cc2F)C1. The highest BCUT2D eigenvalue weighted by molar-refractivity contribution is 7.89. The molecule has 1 aliphatic rings. The van der Waals surface area contributed by atoms with Gasteiger partial charge in [0.2, 0.25) is 10.0 Å². The molecule has 1 fully saturated rings. The van der Waals surface area contributed by atoms with Crippen LogP contribution in [0.2, 0.25) is 0 Å². The number of nitrogens with zero attached hydrogens (tertiary/aromatic N) is 1. The van der Waals surface area contributed by atoms with Gasteiger partial charge in [-0.15, -0.1) is 0 Å². The smallest absolute Gasteiger partial charge is 0.309 e. The van der Waals surface area contributed by atoms with Gasteiger partial charge in [0.15, 0.2) is 0 Å². The van der Waals surface area contributed by atoms with E-state index in [1.807, 2.05) is 0 Å². The summed E-state index contributed by atoms with van der Waals surface area (Å²) in [4.78, 5) is 11.1. The zero-order valence-corrected chi connectivity index (χ0v) is 12.4. The number of nitrogens with two attached hydrogens (primary N) is 1. The minimum Gasteiger partial charge on any atom is -0.469 e. The Kier molecular flexibility index (Phi) is 4.48. The first-order chi connectivity index (χ1) is 9.86. The van der Waals surface area contributed by atoms with Gasteiger partial charge in [0.05, 0.1) is 13.0 Å². The number of nitrogen functional groups attached to an aromatic ring is 1. The summed E-state index contributed by atoms with van der Waals surface area (Å²) >= 11 is 0. The summed E-state index contributed by atoms with van der Waals surface area (Å²) in [5.41, 5.74) is 5.57. The number of esters is 1. The lowest BCUT2D eigenvalue weighted by molar-refractivity contribution is -0.146. The van der Waals surface area contributed by atoms with Gasteiger partial charge >= 0.3 is 5.97 Å². The molecular weight excluding hydrogens is 299 g/mol. The second kappa shape index (κ2) is 5.98. The molecule has 1 saturated heterocycles. The number of hydrogen-bond donors (Lipinski definition) is 1. The Balaban J connectivity index is 2.28. The van der Waals surface area contributed by atoms with Crippen molar-refractivity contribution in [3.8, 4) is 0 Å². The van der Waals surface area contributed by atoms with Gasteiger partial charge in [-0.1, -0.05) is 0 Å². The molecule has 116 valence electrons. The van der Waals surface area contributed by atoms with Crippen molar-refractivity contribution in [2.75, 3.05) is 25.9 Å². The van der Waals surface area contributed by atoms with Crippen LogP contribution in [-0.4, -0.2) is 38.9 Å². The van der Waals surface area contributed by atoms with E-state index in [0.717, 1.165) is 16.4 Å². The Hall–Kier alpha value is -1.67. The summed E-state index contributed by atoms with van der Waals surface area (Å²) in [6, 6.07) is 3.44. The molecule has 1 aromatic carbocycles. The van der Waals surface area contributed by atoms with Gasteiger partial charge < -0.3 is 10.5 Å². The molecule has 8 heteroatoms. The van der Waals surface area contributed by atoms with E-state index in [1.54, 1.807) is 0 Å². The van der Waals surface area contributed by atoms with Crippen LogP contribution < -0.4 is 5.73 Å². The van der Waals surface area contributed by atoms with Crippen molar-refractivity contribution in [2.45, 2.75) is 17.7 Å². The quantitative estimate of drug-likeness (QED) is 0.663. The average molecular weight is 316 g/mol. The van der Waals surface area contributed by atoms with Crippen LogP contribution in [0.4, 0.5) is 10.1 Å². The van der Waals surface area contributed by atoms with E-state index in [0.29, 0.717) is 12.8 Å². The normalized spacial score (nSPS) is 20.2. The molecule has 1 heterocycles. The molecule has 2 rings (SSSR count). The van der Waals surface area contributed by atoms with Crippen molar-refractivity contribution in [2.24, 2.45) is 5.92 Å². The zero-order chi connectivity index (χ0) is 15.6. The number of carbonyl (C=O) groups is 1. The van der Waals surface area contributed by atoms with Crippen molar-refractivity contribution in [3.63, 3.8) is 0 Å². The molecule has 0 saturated carbocycles. The maximum absolute atomic E-state index is 13.8. The molecule has 0 aliphatic carbocycles. The van der Waals surface area contributed by atoms with Gasteiger partial charge in [-0.25, -0.2) is 12.8 Å². The van der Waals surface area contributed by atoms with Crippen LogP contribution in [0.25, 0.3) is 0 Å². The summed E-state index contributed by atoms with van der Waals surface area (Å²) in [6.45, 7) is 0.248. The molecule has 21 heavy (non-hydrogen) atoms. The standard InChI is InChI=1S/C13H17FN2O4S/c1-20-13(17)9-3-2-6-16(8-9)21(18,19)12-5-4-10(15)7-11(12)14/h4-5,7,9H,2-3,6,8,15H2,1H3. The fraction of sp³-hybridized carbons (Fsp3) is 0.462. The van der Waals surface area contributed by atoms with E-state index in [2.05, 4.69) is 4.74 Å². The molecule has 0 spiro atoms. The van der Waals surface area contributed by atoms with E-state index in [4.69, 9.17) is 5.73 Å². The first-order valence-electron chi connectivity index (χ1n) is 6.49. The Labute approximate surface area is 122 Å². The number of halogens is 1. The molecule has 0 bridgehead atoms. The first kappa shape index (κ1) is 15.7. The molecule has 0 amide bonds. The third-order valence-corrected chi connectivity index (χ3v) is 5.39. The Morgan fingerprint density at radius 1 is 1.48 bits per heavy atom. The summed E-state index contributed by atoms with van der Waals surface area (Å²) in [6.07, 6.45) is 1.08. The Morgan fingerprint density at radius 3 is 2.81 bits per heavy atom. The number of sulfonamides is 1. The number of hydrogen-bond acceptors (Lipinski definition) is 5. The number of piperidine rings is 1. The van der Waals surface area contributed by atoms with Gasteiger partial charge in [0.1, 0.15) is 10.7 Å². The van der Waals surface area contributed by atoms with Crippen molar-refractivity contribution < 1.29 is 22.3 Å². The minimum atomic E-state index is -3.99. The number of ether oxygens (including phenoxy) is 1. The highest BCUT2D eigenvalue weighted by Crippen LogP contribution is 2.26. The lowest BCUT2D eigenvalue weighted by Gasteiger charge is -2.30. The first-order valence-corrected chi connectivity index (χ1v) is 7.93. The maximum atomic E-state index is 13.8. The molecule has 6 nitrogen and oxygen atoms in total. The van der Waals surface area contributed by atoms with Crippen molar-refractivity contribution in [3.05, 3.63) is 24.0 Å². The fourth-order valence-corrected chi connectivity index (χ4v) is 3.95. The van der Waals surface area contributed by atoms with Crippen LogP contribution in [0, 0.1) is 11.7 Å². The van der Waals surface area contributed by atoms with E-state index in [-0.39, 0.29) is 18.8 Å². The zero-order valence-electron chi connectivity index (χ0n) is 11.6. The highest BCUT2D eigenvalue weighted by Gasteiger charge is 2.35. The van der Waals surface area contributed by atoms with Crippen LogP contribution >= 0.6 is 0 Å². The topological polar surface area (TPSA) is 89.7 Å². The van der Waals surface area contributed by atoms with E-state index < -0.39 is 32.6 Å². The number of anilines is 1. The van der Waals surface area contributed by atoms with Crippen LogP contribution in [0.15, 0.2) is 23.1 Å². The Bertz CT molecular complexity index is 648. The van der Waals surface area contributed by atoms with Crippen LogP contribution in [-0.2, 0) is 19.6 Å². The molecule has 1 unspecified atom stereocenters. The summed E-state index contributed by atoms with van der Waals surface area (Å²) in [7, 11) is -2.73. The van der Waals surface area contributed by atoms with Gasteiger partial charge in [0, 0.05) is 18.8 Å². The molecule has 1 aliphatic heterocycles. The predicted molar refractivity (Wildman–Crippen MR) is 74.3 cm³/mol. The monoisotopic (exact) mass is 316 g/mol. The second-order valence-corrected chi connectivity index (χ2v) is 6.82. The second-order valence-electron chi connectivity index (χ2n) is 4.92. The van der Waals surface area contributed by atoms with Gasteiger partial charge in [-0.2, -0.15) is 4.31 Å². The van der Waals surface area contributed by atoms with Crippen LogP contribution in [0.1, 0.15) is 12.8 Å². The highest BCUT2D eigenvalue weighted by atomic mass is 32.2. The largest absolute Gasteiger partial charge is 0.469 e. The number of carbonyl (C=O) groups excluding carboxylic acids is 1. The summed E-state index contributed by atoms with van der Waals surface area (Å²) in [5, 5.41) is 0. The summed E-state index contributed by atoms with van der Waals surface area (Å²) < 4.78 is 44.5. The van der Waals surface area contributed by atoms with Crippen molar-refractivity contribution >= 4 is 21.7 Å². The fourth-order valence-electron chi connectivity index (χ4n) is 2.39. The molecule has 1 aromatic rings. The van der Waals surface area contributed by atoms with Crippen molar-refractivity contribution in [1.82, 2.24) is 4.31 Å².